The first kappa shape index (κ1) is 21.7. The fraction of sp³-hybridized carbons (Fsp3) is 0. The largest absolute Gasteiger partial charge is 0.399 e. The molecule has 0 atom stereocenters. The highest BCUT2D eigenvalue weighted by Gasteiger charge is 2.39. The molecule has 0 unspecified atom stereocenters. The van der Waals surface area contributed by atoms with E-state index in [1.807, 2.05) is 0 Å². The highest BCUT2D eigenvalue weighted by Crippen LogP contribution is 2.39. The molecule has 0 saturated heterocycles. The first-order valence-electron chi connectivity index (χ1n) is 13.8. The summed E-state index contributed by atoms with van der Waals surface area (Å²) in [7, 11) is 0. The zero-order valence-corrected chi connectivity index (χ0v) is 21.7. The number of para-hydroxylation sites is 1. The monoisotopic (exact) mass is 509 g/mol. The van der Waals surface area contributed by atoms with Crippen LogP contribution in [0.5, 0.6) is 0 Å². The third kappa shape index (κ3) is 2.96. The lowest BCUT2D eigenvalue weighted by Crippen LogP contribution is -2.59. The Morgan fingerprint density at radius 2 is 1.15 bits per heavy atom. The Bertz CT molecular complexity index is 2200. The third-order valence-corrected chi connectivity index (χ3v) is 8.71. The molecule has 4 N–H and O–H groups in total. The van der Waals surface area contributed by atoms with Crippen LogP contribution in [0.25, 0.3) is 43.4 Å². The standard InChI is InChI=1S/C36H24BN3/c38-25-19-28(26-10-5-9-21-15-16-24-17-22-7-1-2-8-23(22)18-27(24)34(21)26)35-33(20-25)40-32-14-6-13-31-36(32)37(35)29-11-3-4-12-30(29)39-31/h1-20,39-40H,38H2. The van der Waals surface area contributed by atoms with Gasteiger partial charge in [-0.1, -0.05) is 78.9 Å². The molecular formula is C36H24BN3. The summed E-state index contributed by atoms with van der Waals surface area (Å²) < 4.78 is 0. The van der Waals surface area contributed by atoms with Gasteiger partial charge in [0.15, 0.2) is 0 Å². The number of fused-ring (bicyclic) bond motifs is 8. The zero-order valence-electron chi connectivity index (χ0n) is 21.7. The average molecular weight is 509 g/mol. The van der Waals surface area contributed by atoms with E-state index in [0.717, 1.165) is 28.4 Å². The number of benzene rings is 7. The van der Waals surface area contributed by atoms with Crippen LogP contribution >= 0.6 is 0 Å². The van der Waals surface area contributed by atoms with Crippen LogP contribution in [0.2, 0.25) is 0 Å². The maximum Gasteiger partial charge on any atom is 0.252 e. The second-order valence-electron chi connectivity index (χ2n) is 11.0. The van der Waals surface area contributed by atoms with Crippen LogP contribution in [-0.4, -0.2) is 6.71 Å². The normalized spacial score (nSPS) is 12.9. The molecule has 2 aliphatic heterocycles. The van der Waals surface area contributed by atoms with E-state index in [9.17, 15) is 0 Å². The minimum absolute atomic E-state index is 0.0848. The summed E-state index contributed by atoms with van der Waals surface area (Å²) in [4.78, 5) is 0. The summed E-state index contributed by atoms with van der Waals surface area (Å²) in [5, 5.41) is 14.9. The number of rotatable bonds is 1. The molecule has 2 aliphatic rings. The molecule has 7 aromatic carbocycles. The second-order valence-corrected chi connectivity index (χ2v) is 11.0. The van der Waals surface area contributed by atoms with Gasteiger partial charge in [-0.2, -0.15) is 0 Å². The Hall–Kier alpha value is -5.22. The van der Waals surface area contributed by atoms with Crippen molar-refractivity contribution in [1.29, 1.82) is 0 Å². The molecule has 9 rings (SSSR count). The molecule has 0 aliphatic carbocycles. The van der Waals surface area contributed by atoms with Crippen LogP contribution in [0, 0.1) is 0 Å². The van der Waals surface area contributed by atoms with Gasteiger partial charge in [-0.25, -0.2) is 0 Å². The molecule has 0 saturated carbocycles. The quantitative estimate of drug-likeness (QED) is 0.0965. The summed E-state index contributed by atoms with van der Waals surface area (Å²) in [5.74, 6) is 0. The Balaban J connectivity index is 1.40. The summed E-state index contributed by atoms with van der Waals surface area (Å²) in [6.07, 6.45) is 0. The first-order valence-corrected chi connectivity index (χ1v) is 13.8. The molecule has 7 aromatic rings. The average Bonchev–Trinajstić information content (AvgIpc) is 2.99. The Morgan fingerprint density at radius 1 is 0.475 bits per heavy atom. The van der Waals surface area contributed by atoms with Gasteiger partial charge in [-0.3, -0.25) is 0 Å². The zero-order chi connectivity index (χ0) is 26.4. The van der Waals surface area contributed by atoms with Gasteiger partial charge in [-0.05, 0) is 102 Å². The minimum atomic E-state index is 0.0848. The number of anilines is 5. The summed E-state index contributed by atoms with van der Waals surface area (Å²) in [6.45, 7) is 0.0848. The van der Waals surface area contributed by atoms with Crippen LogP contribution in [-0.2, 0) is 0 Å². The number of nitrogens with one attached hydrogen (secondary N) is 2. The topological polar surface area (TPSA) is 50.1 Å². The lowest BCUT2D eigenvalue weighted by Gasteiger charge is -2.36. The molecule has 0 amide bonds. The van der Waals surface area contributed by atoms with Gasteiger partial charge in [0, 0.05) is 28.4 Å². The molecule has 0 aromatic heterocycles. The number of hydrogen-bond acceptors (Lipinski definition) is 3. The van der Waals surface area contributed by atoms with Gasteiger partial charge < -0.3 is 16.4 Å². The van der Waals surface area contributed by atoms with Crippen molar-refractivity contribution in [3.63, 3.8) is 0 Å². The number of nitrogen functional groups attached to an aromatic ring is 1. The Labute approximate surface area is 232 Å². The summed E-state index contributed by atoms with van der Waals surface area (Å²) >= 11 is 0. The molecule has 0 bridgehead atoms. The number of hydrogen-bond donors (Lipinski definition) is 3. The van der Waals surface area contributed by atoms with Gasteiger partial charge in [0.25, 0.3) is 6.71 Å². The molecule has 0 radical (unpaired) electrons. The molecule has 0 fully saturated rings. The van der Waals surface area contributed by atoms with E-state index in [1.165, 1.54) is 59.8 Å². The van der Waals surface area contributed by atoms with Gasteiger partial charge in [-0.15, -0.1) is 0 Å². The fourth-order valence-electron chi connectivity index (χ4n) is 7.04. The maximum absolute atomic E-state index is 6.64. The van der Waals surface area contributed by atoms with E-state index in [1.54, 1.807) is 0 Å². The molecule has 186 valence electrons. The van der Waals surface area contributed by atoms with E-state index in [2.05, 4.69) is 132 Å². The maximum atomic E-state index is 6.64. The molecule has 0 spiro atoms. The highest BCUT2D eigenvalue weighted by atomic mass is 14.9. The van der Waals surface area contributed by atoms with Gasteiger partial charge in [0.05, 0.1) is 0 Å². The van der Waals surface area contributed by atoms with Crippen LogP contribution in [0.1, 0.15) is 0 Å². The van der Waals surface area contributed by atoms with Crippen molar-refractivity contribution in [2.45, 2.75) is 0 Å². The Morgan fingerprint density at radius 3 is 2.02 bits per heavy atom. The van der Waals surface area contributed by atoms with Gasteiger partial charge in [0.1, 0.15) is 0 Å². The van der Waals surface area contributed by atoms with E-state index >= 15 is 0 Å². The van der Waals surface area contributed by atoms with Gasteiger partial charge >= 0.3 is 0 Å². The third-order valence-electron chi connectivity index (χ3n) is 8.71. The molecule has 4 heteroatoms. The van der Waals surface area contributed by atoms with E-state index in [4.69, 9.17) is 5.73 Å². The molecule has 2 heterocycles. The van der Waals surface area contributed by atoms with Crippen LogP contribution in [0.3, 0.4) is 0 Å². The summed E-state index contributed by atoms with van der Waals surface area (Å²) in [5.41, 5.74) is 18.1. The molecule has 3 nitrogen and oxygen atoms in total. The van der Waals surface area contributed by atoms with Crippen molar-refractivity contribution in [2.75, 3.05) is 16.4 Å². The SMILES string of the molecule is Nc1cc2c(c(-c3cccc4ccc5cc6ccccc6cc5c34)c1)B1c3ccccc3Nc3cccc(c31)N2. The van der Waals surface area contributed by atoms with E-state index < -0.39 is 0 Å². The smallest absolute Gasteiger partial charge is 0.252 e. The summed E-state index contributed by atoms with van der Waals surface area (Å²) in [6, 6.07) is 43.8. The lowest BCUT2D eigenvalue weighted by molar-refractivity contribution is 1.51. The van der Waals surface area contributed by atoms with Crippen molar-refractivity contribution in [1.82, 2.24) is 0 Å². The van der Waals surface area contributed by atoms with E-state index in [0.29, 0.717) is 0 Å². The molecular weight excluding hydrogens is 485 g/mol. The first-order chi connectivity index (χ1) is 19.7. The Kier molecular flexibility index (Phi) is 4.29. The molecule has 40 heavy (non-hydrogen) atoms. The van der Waals surface area contributed by atoms with Crippen LogP contribution in [0.15, 0.2) is 121 Å². The van der Waals surface area contributed by atoms with Crippen LogP contribution in [0.4, 0.5) is 28.4 Å². The van der Waals surface area contributed by atoms with Crippen LogP contribution < -0.4 is 32.8 Å². The van der Waals surface area contributed by atoms with Crippen molar-refractivity contribution in [2.24, 2.45) is 0 Å². The lowest BCUT2D eigenvalue weighted by atomic mass is 9.33. The highest BCUT2D eigenvalue weighted by molar-refractivity contribution is 7.01. The second kappa shape index (κ2) is 7.90. The number of nitrogens with two attached hydrogens (primary N) is 1. The van der Waals surface area contributed by atoms with E-state index in [-0.39, 0.29) is 6.71 Å². The van der Waals surface area contributed by atoms with Crippen molar-refractivity contribution < 1.29 is 0 Å². The van der Waals surface area contributed by atoms with Crippen molar-refractivity contribution >= 4 is 83.9 Å². The fourth-order valence-corrected chi connectivity index (χ4v) is 7.04. The predicted molar refractivity (Wildman–Crippen MR) is 173 cm³/mol. The van der Waals surface area contributed by atoms with Crippen molar-refractivity contribution in [3.8, 4) is 11.1 Å². The van der Waals surface area contributed by atoms with Crippen molar-refractivity contribution in [3.05, 3.63) is 121 Å². The predicted octanol–water partition coefficient (Wildman–Crippen LogP) is 7.03. The van der Waals surface area contributed by atoms with Gasteiger partial charge in [0.2, 0.25) is 0 Å². The minimum Gasteiger partial charge on any atom is -0.399 e.